The van der Waals surface area contributed by atoms with Crippen molar-refractivity contribution in [1.82, 2.24) is 9.88 Å². The maximum Gasteiger partial charge on any atom is 0.222 e. The first-order chi connectivity index (χ1) is 10.1. The highest BCUT2D eigenvalue weighted by molar-refractivity contribution is 7.22. The first-order valence-corrected chi connectivity index (χ1v) is 8.17. The van der Waals surface area contributed by atoms with Gasteiger partial charge < -0.3 is 15.5 Å². The number of nitrogens with two attached hydrogens (primary N) is 1. The van der Waals surface area contributed by atoms with Gasteiger partial charge in [-0.05, 0) is 12.1 Å². The van der Waals surface area contributed by atoms with Crippen LogP contribution in [-0.2, 0) is 4.79 Å². The number of hydrogen-bond donors (Lipinski definition) is 1. The number of aromatic nitrogens is 1. The lowest BCUT2D eigenvalue weighted by atomic mass is 10.2. The van der Waals surface area contributed by atoms with Crippen LogP contribution < -0.4 is 10.6 Å². The van der Waals surface area contributed by atoms with E-state index in [0.29, 0.717) is 16.6 Å². The van der Waals surface area contributed by atoms with Crippen molar-refractivity contribution in [3.8, 4) is 0 Å². The molecule has 1 saturated heterocycles. The van der Waals surface area contributed by atoms with Gasteiger partial charge in [0.25, 0.3) is 0 Å². The quantitative estimate of drug-likeness (QED) is 0.922. The molecule has 0 radical (unpaired) electrons. The highest BCUT2D eigenvalue weighted by atomic mass is 35.5. The summed E-state index contributed by atoms with van der Waals surface area (Å²) in [4.78, 5) is 20.3. The number of rotatable bonds is 2. The van der Waals surface area contributed by atoms with Gasteiger partial charge in [-0.1, -0.05) is 29.9 Å². The van der Waals surface area contributed by atoms with E-state index in [-0.39, 0.29) is 5.91 Å². The number of carbonyl (C=O) groups is 1. The van der Waals surface area contributed by atoms with Crippen molar-refractivity contribution >= 4 is 49.9 Å². The first-order valence-electron chi connectivity index (χ1n) is 6.97. The van der Waals surface area contributed by atoms with Gasteiger partial charge in [0.1, 0.15) is 5.52 Å². The molecule has 2 heterocycles. The Labute approximate surface area is 132 Å². The fraction of sp³-hybridized carbons (Fsp3) is 0.429. The number of thiazole rings is 1. The SMILES string of the molecule is CCC(=O)N1CCN(c2c(Cl)ccc3sc(N)nc23)CC1. The Morgan fingerprint density at radius 1 is 1.38 bits per heavy atom. The molecule has 1 aliphatic rings. The molecule has 0 unspecified atom stereocenters. The molecule has 0 spiro atoms. The van der Waals surface area contributed by atoms with Crippen molar-refractivity contribution < 1.29 is 4.79 Å². The Morgan fingerprint density at radius 3 is 2.76 bits per heavy atom. The third-order valence-corrected chi connectivity index (χ3v) is 4.91. The number of benzene rings is 1. The van der Waals surface area contributed by atoms with Gasteiger partial charge in [0.05, 0.1) is 15.4 Å². The van der Waals surface area contributed by atoms with Crippen molar-refractivity contribution in [2.24, 2.45) is 0 Å². The van der Waals surface area contributed by atoms with Crippen LogP contribution in [0.4, 0.5) is 10.8 Å². The largest absolute Gasteiger partial charge is 0.375 e. The zero-order chi connectivity index (χ0) is 15.0. The van der Waals surface area contributed by atoms with E-state index in [2.05, 4.69) is 9.88 Å². The molecule has 0 aliphatic carbocycles. The van der Waals surface area contributed by atoms with Crippen LogP contribution in [0.15, 0.2) is 12.1 Å². The summed E-state index contributed by atoms with van der Waals surface area (Å²) in [5.74, 6) is 0.205. The van der Waals surface area contributed by atoms with E-state index in [4.69, 9.17) is 17.3 Å². The molecule has 1 aromatic carbocycles. The Bertz CT molecular complexity index is 679. The van der Waals surface area contributed by atoms with Crippen LogP contribution in [-0.4, -0.2) is 42.0 Å². The molecule has 0 bridgehead atoms. The number of nitrogens with zero attached hydrogens (tertiary/aromatic N) is 3. The molecule has 7 heteroatoms. The predicted molar refractivity (Wildman–Crippen MR) is 88.1 cm³/mol. The van der Waals surface area contributed by atoms with Crippen LogP contribution in [0, 0.1) is 0 Å². The zero-order valence-electron chi connectivity index (χ0n) is 11.8. The number of amides is 1. The molecule has 0 saturated carbocycles. The van der Waals surface area contributed by atoms with Gasteiger partial charge in [-0.2, -0.15) is 0 Å². The third-order valence-electron chi connectivity index (χ3n) is 3.75. The highest BCUT2D eigenvalue weighted by Crippen LogP contribution is 2.37. The lowest BCUT2D eigenvalue weighted by Gasteiger charge is -2.36. The van der Waals surface area contributed by atoms with E-state index >= 15 is 0 Å². The van der Waals surface area contributed by atoms with Gasteiger partial charge in [0.15, 0.2) is 5.13 Å². The summed E-state index contributed by atoms with van der Waals surface area (Å²) in [5, 5.41) is 1.23. The number of hydrogen-bond acceptors (Lipinski definition) is 5. The van der Waals surface area contributed by atoms with Crippen molar-refractivity contribution in [3.05, 3.63) is 17.2 Å². The van der Waals surface area contributed by atoms with Gasteiger partial charge >= 0.3 is 0 Å². The highest BCUT2D eigenvalue weighted by Gasteiger charge is 2.23. The van der Waals surface area contributed by atoms with Crippen molar-refractivity contribution in [2.75, 3.05) is 36.8 Å². The second-order valence-electron chi connectivity index (χ2n) is 5.02. The molecule has 0 atom stereocenters. The van der Waals surface area contributed by atoms with E-state index < -0.39 is 0 Å². The standard InChI is InChI=1S/C14H17ClN4OS/c1-2-11(20)18-5-7-19(8-6-18)13-9(15)3-4-10-12(13)17-14(16)21-10/h3-4H,2,5-8H2,1H3,(H2,16,17). The molecule has 1 aromatic heterocycles. The van der Waals surface area contributed by atoms with E-state index in [1.54, 1.807) is 0 Å². The van der Waals surface area contributed by atoms with Crippen LogP contribution in [0.3, 0.4) is 0 Å². The molecule has 5 nitrogen and oxygen atoms in total. The molecule has 1 amide bonds. The minimum Gasteiger partial charge on any atom is -0.375 e. The maximum absolute atomic E-state index is 11.7. The lowest BCUT2D eigenvalue weighted by Crippen LogP contribution is -2.48. The Balaban J connectivity index is 1.88. The number of nitrogen functional groups attached to an aromatic ring is 1. The number of anilines is 2. The summed E-state index contributed by atoms with van der Waals surface area (Å²) < 4.78 is 1.04. The smallest absolute Gasteiger partial charge is 0.222 e. The van der Waals surface area contributed by atoms with E-state index in [9.17, 15) is 4.79 Å². The summed E-state index contributed by atoms with van der Waals surface area (Å²) in [7, 11) is 0. The maximum atomic E-state index is 11.7. The minimum absolute atomic E-state index is 0.205. The number of halogens is 1. The molecule has 1 fully saturated rings. The Kier molecular flexibility index (Phi) is 3.91. The van der Waals surface area contributed by atoms with Gasteiger partial charge in [0.2, 0.25) is 5.91 Å². The Morgan fingerprint density at radius 2 is 2.10 bits per heavy atom. The van der Waals surface area contributed by atoms with Gasteiger partial charge in [-0.25, -0.2) is 4.98 Å². The molecule has 2 aromatic rings. The summed E-state index contributed by atoms with van der Waals surface area (Å²) in [5.41, 5.74) is 7.61. The third kappa shape index (κ3) is 2.65. The van der Waals surface area contributed by atoms with Gasteiger partial charge in [0, 0.05) is 32.6 Å². The van der Waals surface area contributed by atoms with E-state index in [1.807, 2.05) is 24.0 Å². The molecular formula is C14H17ClN4OS. The zero-order valence-corrected chi connectivity index (χ0v) is 13.4. The molecule has 1 aliphatic heterocycles. The first kappa shape index (κ1) is 14.4. The second-order valence-corrected chi connectivity index (χ2v) is 6.49. The van der Waals surface area contributed by atoms with Crippen LogP contribution in [0.1, 0.15) is 13.3 Å². The normalized spacial score (nSPS) is 15.7. The summed E-state index contributed by atoms with van der Waals surface area (Å²) in [6.45, 7) is 4.87. The summed E-state index contributed by atoms with van der Waals surface area (Å²) >= 11 is 7.84. The fourth-order valence-corrected chi connectivity index (χ4v) is 3.69. The molecule has 3 rings (SSSR count). The van der Waals surface area contributed by atoms with Crippen LogP contribution in [0.25, 0.3) is 10.2 Å². The topological polar surface area (TPSA) is 62.5 Å². The summed E-state index contributed by atoms with van der Waals surface area (Å²) in [6, 6.07) is 3.84. The van der Waals surface area contributed by atoms with Gasteiger partial charge in [-0.3, -0.25) is 4.79 Å². The number of carbonyl (C=O) groups excluding carboxylic acids is 1. The van der Waals surface area contributed by atoms with Crippen LogP contribution in [0.5, 0.6) is 0 Å². The van der Waals surface area contributed by atoms with Crippen molar-refractivity contribution in [1.29, 1.82) is 0 Å². The average molecular weight is 325 g/mol. The van der Waals surface area contributed by atoms with E-state index in [1.165, 1.54) is 11.3 Å². The molecular weight excluding hydrogens is 308 g/mol. The second kappa shape index (κ2) is 5.69. The lowest BCUT2D eigenvalue weighted by molar-refractivity contribution is -0.131. The van der Waals surface area contributed by atoms with Gasteiger partial charge in [-0.15, -0.1) is 0 Å². The summed E-state index contributed by atoms with van der Waals surface area (Å²) in [6.07, 6.45) is 0.555. The van der Waals surface area contributed by atoms with Crippen LogP contribution in [0.2, 0.25) is 5.02 Å². The van der Waals surface area contributed by atoms with E-state index in [0.717, 1.165) is 42.1 Å². The molecule has 112 valence electrons. The number of piperazine rings is 1. The van der Waals surface area contributed by atoms with Crippen molar-refractivity contribution in [2.45, 2.75) is 13.3 Å². The predicted octanol–water partition coefficient (Wildman–Crippen LogP) is 2.59. The molecule has 2 N–H and O–H groups in total. The number of fused-ring (bicyclic) bond motifs is 1. The minimum atomic E-state index is 0.205. The molecule has 21 heavy (non-hydrogen) atoms. The Hall–Kier alpha value is -1.53. The monoisotopic (exact) mass is 324 g/mol. The average Bonchev–Trinajstić information content (AvgIpc) is 2.87. The van der Waals surface area contributed by atoms with Crippen molar-refractivity contribution in [3.63, 3.8) is 0 Å². The fourth-order valence-electron chi connectivity index (χ4n) is 2.68. The van der Waals surface area contributed by atoms with Crippen LogP contribution >= 0.6 is 22.9 Å².